The highest BCUT2D eigenvalue weighted by Gasteiger charge is 2.20. The molecule has 0 spiro atoms. The van der Waals surface area contributed by atoms with Gasteiger partial charge in [-0.25, -0.2) is 5.84 Å². The summed E-state index contributed by atoms with van der Waals surface area (Å²) in [6.07, 6.45) is 5.30. The van der Waals surface area contributed by atoms with E-state index in [1.165, 1.54) is 25.7 Å². The number of hydrogen-bond acceptors (Lipinski definition) is 4. The fraction of sp³-hybridized carbons (Fsp3) is 0.562. The molecule has 1 amide bonds. The Hall–Kier alpha value is -1.59. The van der Waals surface area contributed by atoms with E-state index in [0.29, 0.717) is 24.0 Å². The van der Waals surface area contributed by atoms with Crippen LogP contribution >= 0.6 is 0 Å². The van der Waals surface area contributed by atoms with Gasteiger partial charge in [0.1, 0.15) is 12.4 Å². The van der Waals surface area contributed by atoms with Crippen molar-refractivity contribution in [2.75, 3.05) is 19.7 Å². The number of hydrazine groups is 1. The smallest absolute Gasteiger partial charge is 0.265 e. The first kappa shape index (κ1) is 15.8. The van der Waals surface area contributed by atoms with Crippen molar-refractivity contribution in [3.63, 3.8) is 0 Å². The Morgan fingerprint density at radius 1 is 1.43 bits per heavy atom. The third kappa shape index (κ3) is 4.44. The Kier molecular flexibility index (Phi) is 6.02. The second-order valence-electron chi connectivity index (χ2n) is 5.42. The molecule has 2 rings (SSSR count). The number of benzene rings is 1. The van der Waals surface area contributed by atoms with Crippen molar-refractivity contribution in [1.29, 1.82) is 0 Å². The summed E-state index contributed by atoms with van der Waals surface area (Å²) >= 11 is 0. The van der Waals surface area contributed by atoms with E-state index in [4.69, 9.17) is 10.6 Å². The van der Waals surface area contributed by atoms with E-state index < -0.39 is 0 Å². The van der Waals surface area contributed by atoms with Gasteiger partial charge >= 0.3 is 0 Å². The van der Waals surface area contributed by atoms with Gasteiger partial charge in [0.25, 0.3) is 5.91 Å². The van der Waals surface area contributed by atoms with Crippen LogP contribution in [0.3, 0.4) is 0 Å². The van der Waals surface area contributed by atoms with Crippen molar-refractivity contribution < 1.29 is 9.53 Å². The maximum absolute atomic E-state index is 11.5. The molecule has 0 aromatic heterocycles. The van der Waals surface area contributed by atoms with Crippen LogP contribution in [-0.4, -0.2) is 36.5 Å². The molecule has 0 bridgehead atoms. The van der Waals surface area contributed by atoms with Crippen molar-refractivity contribution >= 4 is 5.91 Å². The minimum atomic E-state index is -0.304. The standard InChI is InChI=1S/C16H25N3O2/c1-2-19(14-7-3-4-8-14)10-11-21-15-9-5-6-13(12-15)16(20)18-17/h5-6,9,12,14H,2-4,7-8,10-11,17H2,1H3,(H,18,20). The number of carbonyl (C=O) groups excluding carboxylic acids is 1. The third-order valence-corrected chi connectivity index (χ3v) is 4.12. The molecule has 1 fully saturated rings. The molecule has 0 saturated heterocycles. The first-order valence-electron chi connectivity index (χ1n) is 7.72. The summed E-state index contributed by atoms with van der Waals surface area (Å²) < 4.78 is 5.77. The summed E-state index contributed by atoms with van der Waals surface area (Å²) in [7, 11) is 0. The number of nitrogens with two attached hydrogens (primary N) is 1. The maximum Gasteiger partial charge on any atom is 0.265 e. The molecule has 5 heteroatoms. The number of ether oxygens (including phenoxy) is 1. The lowest BCUT2D eigenvalue weighted by atomic mass is 10.2. The van der Waals surface area contributed by atoms with Crippen LogP contribution in [0.4, 0.5) is 0 Å². The molecule has 0 unspecified atom stereocenters. The Morgan fingerprint density at radius 2 is 2.19 bits per heavy atom. The molecule has 1 aromatic rings. The van der Waals surface area contributed by atoms with E-state index in [0.717, 1.165) is 13.1 Å². The molecular formula is C16H25N3O2. The van der Waals surface area contributed by atoms with Crippen molar-refractivity contribution in [2.45, 2.75) is 38.6 Å². The fourth-order valence-electron chi connectivity index (χ4n) is 2.96. The number of rotatable bonds is 7. The Labute approximate surface area is 126 Å². The van der Waals surface area contributed by atoms with Crippen molar-refractivity contribution in [3.8, 4) is 5.75 Å². The van der Waals surface area contributed by atoms with Crippen LogP contribution < -0.4 is 16.0 Å². The van der Waals surface area contributed by atoms with Crippen LogP contribution in [-0.2, 0) is 0 Å². The molecule has 0 aliphatic heterocycles. The highest BCUT2D eigenvalue weighted by molar-refractivity contribution is 5.94. The number of nitrogen functional groups attached to an aromatic ring is 1. The van der Waals surface area contributed by atoms with Crippen molar-refractivity contribution in [1.82, 2.24) is 10.3 Å². The minimum Gasteiger partial charge on any atom is -0.492 e. The average molecular weight is 291 g/mol. The van der Waals surface area contributed by atoms with E-state index in [9.17, 15) is 4.79 Å². The molecule has 1 saturated carbocycles. The van der Waals surface area contributed by atoms with E-state index in [1.807, 2.05) is 6.07 Å². The first-order valence-corrected chi connectivity index (χ1v) is 7.72. The fourth-order valence-corrected chi connectivity index (χ4v) is 2.96. The summed E-state index contributed by atoms with van der Waals surface area (Å²) in [5.41, 5.74) is 2.64. The van der Waals surface area contributed by atoms with Gasteiger partial charge in [0, 0.05) is 18.2 Å². The van der Waals surface area contributed by atoms with E-state index in [2.05, 4.69) is 17.2 Å². The molecule has 5 nitrogen and oxygen atoms in total. The predicted octanol–water partition coefficient (Wildman–Crippen LogP) is 1.93. The third-order valence-electron chi connectivity index (χ3n) is 4.12. The quantitative estimate of drug-likeness (QED) is 0.457. The van der Waals surface area contributed by atoms with Crippen LogP contribution in [0, 0.1) is 0 Å². The van der Waals surface area contributed by atoms with Gasteiger partial charge in [0.15, 0.2) is 0 Å². The Balaban J connectivity index is 1.83. The molecule has 1 aliphatic rings. The predicted molar refractivity (Wildman–Crippen MR) is 83.1 cm³/mol. The number of nitrogens with one attached hydrogen (secondary N) is 1. The van der Waals surface area contributed by atoms with Crippen molar-refractivity contribution in [3.05, 3.63) is 29.8 Å². The van der Waals surface area contributed by atoms with E-state index in [-0.39, 0.29) is 5.91 Å². The lowest BCUT2D eigenvalue weighted by Gasteiger charge is -2.27. The highest BCUT2D eigenvalue weighted by atomic mass is 16.5. The van der Waals surface area contributed by atoms with Gasteiger partial charge in [-0.3, -0.25) is 15.1 Å². The maximum atomic E-state index is 11.5. The second kappa shape index (κ2) is 8.00. The molecule has 21 heavy (non-hydrogen) atoms. The van der Waals surface area contributed by atoms with E-state index in [1.54, 1.807) is 18.2 Å². The average Bonchev–Trinajstić information content (AvgIpc) is 3.05. The topological polar surface area (TPSA) is 67.6 Å². The van der Waals surface area contributed by atoms with Gasteiger partial charge in [0.2, 0.25) is 0 Å². The van der Waals surface area contributed by atoms with Gasteiger partial charge in [-0.15, -0.1) is 0 Å². The summed E-state index contributed by atoms with van der Waals surface area (Å²) in [5, 5.41) is 0. The normalized spacial score (nSPS) is 15.4. The minimum absolute atomic E-state index is 0.304. The molecular weight excluding hydrogens is 266 g/mol. The monoisotopic (exact) mass is 291 g/mol. The Morgan fingerprint density at radius 3 is 2.86 bits per heavy atom. The van der Waals surface area contributed by atoms with Gasteiger partial charge in [-0.1, -0.05) is 25.8 Å². The van der Waals surface area contributed by atoms with Gasteiger partial charge in [0.05, 0.1) is 0 Å². The largest absolute Gasteiger partial charge is 0.492 e. The van der Waals surface area contributed by atoms with Gasteiger partial charge in [-0.2, -0.15) is 0 Å². The van der Waals surface area contributed by atoms with Crippen LogP contribution in [0.1, 0.15) is 43.0 Å². The summed E-state index contributed by atoms with van der Waals surface area (Å²) in [6, 6.07) is 7.81. The molecule has 1 aromatic carbocycles. The molecule has 3 N–H and O–H groups in total. The SMILES string of the molecule is CCN(CCOc1cccc(C(=O)NN)c1)C1CCCC1. The summed E-state index contributed by atoms with van der Waals surface area (Å²) in [4.78, 5) is 14.0. The second-order valence-corrected chi connectivity index (χ2v) is 5.42. The van der Waals surface area contributed by atoms with Crippen LogP contribution in [0.15, 0.2) is 24.3 Å². The molecule has 1 aliphatic carbocycles. The lowest BCUT2D eigenvalue weighted by molar-refractivity contribution is 0.0953. The number of likely N-dealkylation sites (N-methyl/N-ethyl adjacent to an activating group) is 1. The number of carbonyl (C=O) groups is 1. The number of nitrogens with zero attached hydrogens (tertiary/aromatic N) is 1. The van der Waals surface area contributed by atoms with Crippen LogP contribution in [0.5, 0.6) is 5.75 Å². The zero-order chi connectivity index (χ0) is 15.1. The summed E-state index contributed by atoms with van der Waals surface area (Å²) in [6.45, 7) is 4.82. The molecule has 0 atom stereocenters. The van der Waals surface area contributed by atoms with Crippen LogP contribution in [0.2, 0.25) is 0 Å². The molecule has 116 valence electrons. The molecule has 0 heterocycles. The van der Waals surface area contributed by atoms with Gasteiger partial charge < -0.3 is 4.74 Å². The Bertz CT molecular complexity index is 459. The van der Waals surface area contributed by atoms with Gasteiger partial charge in [-0.05, 0) is 37.6 Å². The molecule has 0 radical (unpaired) electrons. The lowest BCUT2D eigenvalue weighted by Crippen LogP contribution is -2.36. The summed E-state index contributed by atoms with van der Waals surface area (Å²) in [5.74, 6) is 5.54. The zero-order valence-corrected chi connectivity index (χ0v) is 12.7. The number of hydrogen-bond donors (Lipinski definition) is 2. The van der Waals surface area contributed by atoms with E-state index >= 15 is 0 Å². The zero-order valence-electron chi connectivity index (χ0n) is 12.7. The first-order chi connectivity index (χ1) is 10.2. The number of amides is 1. The highest BCUT2D eigenvalue weighted by Crippen LogP contribution is 2.23. The van der Waals surface area contributed by atoms with Crippen molar-refractivity contribution in [2.24, 2.45) is 5.84 Å². The van der Waals surface area contributed by atoms with Crippen LogP contribution in [0.25, 0.3) is 0 Å².